The van der Waals surface area contributed by atoms with Gasteiger partial charge in [-0.1, -0.05) is 0 Å². The molecule has 0 spiro atoms. The van der Waals surface area contributed by atoms with Gasteiger partial charge < -0.3 is 11.5 Å². The van der Waals surface area contributed by atoms with Crippen LogP contribution in [0.4, 0.5) is 5.69 Å². The van der Waals surface area contributed by atoms with Crippen molar-refractivity contribution in [1.82, 2.24) is 15.0 Å². The van der Waals surface area contributed by atoms with E-state index < -0.39 is 0 Å². The van der Waals surface area contributed by atoms with Gasteiger partial charge in [-0.05, 0) is 24.1 Å². The fourth-order valence-electron chi connectivity index (χ4n) is 1.44. The molecule has 0 saturated carbocycles. The minimum absolute atomic E-state index is 0.257. The van der Waals surface area contributed by atoms with Gasteiger partial charge in [0.2, 0.25) is 0 Å². The van der Waals surface area contributed by atoms with E-state index in [1.54, 1.807) is 36.9 Å². The topological polar surface area (TPSA) is 90.7 Å². The molecule has 2 aromatic heterocycles. The SMILES string of the molecule is Nc1ccncc1CC(N)c1ncccn1. The molecule has 4 N–H and O–H groups in total. The zero-order chi connectivity index (χ0) is 11.4. The Kier molecular flexibility index (Phi) is 3.07. The molecular formula is C11H13N5. The van der Waals surface area contributed by atoms with Gasteiger partial charge in [-0.15, -0.1) is 0 Å². The molecular weight excluding hydrogens is 202 g/mol. The van der Waals surface area contributed by atoms with Crippen LogP contribution in [-0.2, 0) is 6.42 Å². The number of nitrogens with zero attached hydrogens (tertiary/aromatic N) is 3. The molecule has 0 amide bonds. The minimum Gasteiger partial charge on any atom is -0.398 e. The lowest BCUT2D eigenvalue weighted by molar-refractivity contribution is 0.666. The van der Waals surface area contributed by atoms with Crippen LogP contribution in [0.2, 0.25) is 0 Å². The molecule has 0 radical (unpaired) electrons. The molecule has 1 unspecified atom stereocenters. The first kappa shape index (κ1) is 10.5. The fourth-order valence-corrected chi connectivity index (χ4v) is 1.44. The lowest BCUT2D eigenvalue weighted by atomic mass is 10.1. The Bertz CT molecular complexity index is 457. The first-order valence-corrected chi connectivity index (χ1v) is 4.98. The third-order valence-electron chi connectivity index (χ3n) is 2.30. The first-order chi connectivity index (χ1) is 7.77. The molecule has 0 bridgehead atoms. The Balaban J connectivity index is 2.14. The summed E-state index contributed by atoms with van der Waals surface area (Å²) in [5.41, 5.74) is 13.4. The maximum atomic E-state index is 5.99. The van der Waals surface area contributed by atoms with E-state index in [-0.39, 0.29) is 6.04 Å². The second-order valence-electron chi connectivity index (χ2n) is 3.49. The van der Waals surface area contributed by atoms with Crippen LogP contribution in [0.15, 0.2) is 36.9 Å². The van der Waals surface area contributed by atoms with Gasteiger partial charge in [0.1, 0.15) is 5.82 Å². The largest absolute Gasteiger partial charge is 0.398 e. The Morgan fingerprint density at radius 1 is 1.19 bits per heavy atom. The van der Waals surface area contributed by atoms with Crippen molar-refractivity contribution in [3.05, 3.63) is 48.3 Å². The highest BCUT2D eigenvalue weighted by atomic mass is 14.9. The lowest BCUT2D eigenvalue weighted by Crippen LogP contribution is -2.17. The molecule has 1 atom stereocenters. The van der Waals surface area contributed by atoms with Crippen LogP contribution in [0.1, 0.15) is 17.4 Å². The molecule has 2 aromatic rings. The predicted octanol–water partition coefficient (Wildman–Crippen LogP) is 0.696. The Labute approximate surface area is 93.6 Å². The molecule has 0 aromatic carbocycles. The fraction of sp³-hybridized carbons (Fsp3) is 0.182. The van der Waals surface area contributed by atoms with Crippen molar-refractivity contribution >= 4 is 5.69 Å². The summed E-state index contributed by atoms with van der Waals surface area (Å²) in [7, 11) is 0. The first-order valence-electron chi connectivity index (χ1n) is 4.98. The smallest absolute Gasteiger partial charge is 0.145 e. The Morgan fingerprint density at radius 3 is 2.62 bits per heavy atom. The average Bonchev–Trinajstić information content (AvgIpc) is 2.33. The van der Waals surface area contributed by atoms with E-state index in [2.05, 4.69) is 15.0 Å². The Morgan fingerprint density at radius 2 is 1.94 bits per heavy atom. The molecule has 0 fully saturated rings. The van der Waals surface area contributed by atoms with Crippen molar-refractivity contribution < 1.29 is 0 Å². The summed E-state index contributed by atoms with van der Waals surface area (Å²) in [6, 6.07) is 3.26. The minimum atomic E-state index is -0.257. The normalized spacial score (nSPS) is 12.3. The van der Waals surface area contributed by atoms with E-state index in [4.69, 9.17) is 11.5 Å². The monoisotopic (exact) mass is 215 g/mol. The van der Waals surface area contributed by atoms with Crippen LogP contribution < -0.4 is 11.5 Å². The lowest BCUT2D eigenvalue weighted by Gasteiger charge is -2.10. The van der Waals surface area contributed by atoms with Crippen molar-refractivity contribution in [1.29, 1.82) is 0 Å². The number of hydrogen-bond acceptors (Lipinski definition) is 5. The number of pyridine rings is 1. The third kappa shape index (κ3) is 2.32. The highest BCUT2D eigenvalue weighted by molar-refractivity contribution is 5.44. The van der Waals surface area contributed by atoms with Crippen molar-refractivity contribution in [2.75, 3.05) is 5.73 Å². The van der Waals surface area contributed by atoms with Crippen LogP contribution in [0, 0.1) is 0 Å². The van der Waals surface area contributed by atoms with Gasteiger partial charge in [0, 0.05) is 30.5 Å². The van der Waals surface area contributed by atoms with Crippen LogP contribution in [0.3, 0.4) is 0 Å². The maximum absolute atomic E-state index is 5.99. The number of hydrogen-bond donors (Lipinski definition) is 2. The van der Waals surface area contributed by atoms with Gasteiger partial charge in [0.15, 0.2) is 0 Å². The van der Waals surface area contributed by atoms with Crippen LogP contribution in [-0.4, -0.2) is 15.0 Å². The summed E-state index contributed by atoms with van der Waals surface area (Å²) < 4.78 is 0. The second kappa shape index (κ2) is 4.67. The van der Waals surface area contributed by atoms with E-state index in [1.165, 1.54) is 0 Å². The molecule has 0 saturated heterocycles. The van der Waals surface area contributed by atoms with Gasteiger partial charge in [0.25, 0.3) is 0 Å². The third-order valence-corrected chi connectivity index (χ3v) is 2.30. The number of nitrogen functional groups attached to an aromatic ring is 1. The summed E-state index contributed by atoms with van der Waals surface area (Å²) in [6.45, 7) is 0. The summed E-state index contributed by atoms with van der Waals surface area (Å²) in [5, 5.41) is 0. The summed E-state index contributed by atoms with van der Waals surface area (Å²) in [4.78, 5) is 12.2. The summed E-state index contributed by atoms with van der Waals surface area (Å²) in [6.07, 6.45) is 7.31. The Hall–Kier alpha value is -2.01. The number of aromatic nitrogens is 3. The predicted molar refractivity (Wildman–Crippen MR) is 61.3 cm³/mol. The highest BCUT2D eigenvalue weighted by Gasteiger charge is 2.11. The van der Waals surface area contributed by atoms with Crippen LogP contribution in [0.5, 0.6) is 0 Å². The van der Waals surface area contributed by atoms with E-state index in [1.807, 2.05) is 0 Å². The number of nitrogens with two attached hydrogens (primary N) is 2. The van der Waals surface area contributed by atoms with E-state index >= 15 is 0 Å². The van der Waals surface area contributed by atoms with Crippen molar-refractivity contribution in [3.63, 3.8) is 0 Å². The van der Waals surface area contributed by atoms with Gasteiger partial charge >= 0.3 is 0 Å². The van der Waals surface area contributed by atoms with Crippen LogP contribution >= 0.6 is 0 Å². The molecule has 2 rings (SSSR count). The van der Waals surface area contributed by atoms with Gasteiger partial charge in [-0.3, -0.25) is 4.98 Å². The highest BCUT2D eigenvalue weighted by Crippen LogP contribution is 2.16. The molecule has 0 aliphatic heterocycles. The van der Waals surface area contributed by atoms with Crippen molar-refractivity contribution in [3.8, 4) is 0 Å². The second-order valence-corrected chi connectivity index (χ2v) is 3.49. The molecule has 82 valence electrons. The standard InChI is InChI=1S/C11H13N5/c12-9-2-5-14-7-8(9)6-10(13)11-15-3-1-4-16-11/h1-5,7,10H,6,13H2,(H2,12,14). The number of rotatable bonds is 3. The van der Waals surface area contributed by atoms with Crippen molar-refractivity contribution in [2.45, 2.75) is 12.5 Å². The molecule has 2 heterocycles. The molecule has 0 aliphatic carbocycles. The maximum Gasteiger partial charge on any atom is 0.145 e. The van der Waals surface area contributed by atoms with Gasteiger partial charge in [-0.2, -0.15) is 0 Å². The van der Waals surface area contributed by atoms with Crippen LogP contribution in [0.25, 0.3) is 0 Å². The zero-order valence-corrected chi connectivity index (χ0v) is 8.74. The molecule has 5 heteroatoms. The molecule has 5 nitrogen and oxygen atoms in total. The van der Waals surface area contributed by atoms with E-state index in [9.17, 15) is 0 Å². The summed E-state index contributed by atoms with van der Waals surface area (Å²) in [5.74, 6) is 0.616. The van der Waals surface area contributed by atoms with Gasteiger partial charge in [-0.25, -0.2) is 9.97 Å². The number of anilines is 1. The quantitative estimate of drug-likeness (QED) is 0.786. The molecule has 0 aliphatic rings. The van der Waals surface area contributed by atoms with Crippen molar-refractivity contribution in [2.24, 2.45) is 5.73 Å². The average molecular weight is 215 g/mol. The summed E-state index contributed by atoms with van der Waals surface area (Å²) >= 11 is 0. The van der Waals surface area contributed by atoms with E-state index in [0.29, 0.717) is 17.9 Å². The van der Waals surface area contributed by atoms with E-state index in [0.717, 1.165) is 5.56 Å². The molecule has 16 heavy (non-hydrogen) atoms. The van der Waals surface area contributed by atoms with Gasteiger partial charge in [0.05, 0.1) is 6.04 Å². The zero-order valence-electron chi connectivity index (χ0n) is 8.74.